The third kappa shape index (κ3) is 3.52. The Morgan fingerprint density at radius 2 is 1.50 bits per heavy atom. The fourth-order valence-corrected chi connectivity index (χ4v) is 2.73. The number of anilines is 1. The number of benzene rings is 2. The van der Waals surface area contributed by atoms with E-state index in [1.54, 1.807) is 0 Å². The van der Waals surface area contributed by atoms with Crippen LogP contribution in [0.5, 0.6) is 0 Å². The highest BCUT2D eigenvalue weighted by Gasteiger charge is 2.17. The van der Waals surface area contributed by atoms with E-state index in [1.807, 2.05) is 31.2 Å². The summed E-state index contributed by atoms with van der Waals surface area (Å²) >= 11 is 0. The predicted octanol–water partition coefficient (Wildman–Crippen LogP) is 2.50. The first kappa shape index (κ1) is 16.2. The van der Waals surface area contributed by atoms with Crippen molar-refractivity contribution in [2.45, 2.75) is 11.8 Å². The Labute approximate surface area is 130 Å². The molecule has 2 aromatic carbocycles. The number of amides is 1. The Kier molecular flexibility index (Phi) is 4.63. The topological polar surface area (TPSA) is 66.5 Å². The van der Waals surface area contributed by atoms with Crippen LogP contribution in [0.25, 0.3) is 0 Å². The van der Waals surface area contributed by atoms with Crippen molar-refractivity contribution >= 4 is 21.6 Å². The van der Waals surface area contributed by atoms with Crippen molar-refractivity contribution in [3.05, 3.63) is 59.7 Å². The largest absolute Gasteiger partial charge is 0.322 e. The molecule has 0 bridgehead atoms. The maximum Gasteiger partial charge on any atom is 0.255 e. The van der Waals surface area contributed by atoms with Crippen molar-refractivity contribution in [2.24, 2.45) is 0 Å². The van der Waals surface area contributed by atoms with Crippen LogP contribution < -0.4 is 5.32 Å². The number of sulfonamides is 1. The van der Waals surface area contributed by atoms with E-state index < -0.39 is 10.0 Å². The minimum atomic E-state index is -3.48. The van der Waals surface area contributed by atoms with Crippen LogP contribution in [0.15, 0.2) is 53.4 Å². The van der Waals surface area contributed by atoms with Gasteiger partial charge in [-0.2, -0.15) is 0 Å². The summed E-state index contributed by atoms with van der Waals surface area (Å²) in [4.78, 5) is 12.3. The molecule has 0 fully saturated rings. The molecule has 0 saturated heterocycles. The second-order valence-electron chi connectivity index (χ2n) is 5.13. The van der Waals surface area contributed by atoms with Crippen molar-refractivity contribution in [1.29, 1.82) is 0 Å². The number of hydrogen-bond acceptors (Lipinski definition) is 3. The molecule has 5 nitrogen and oxygen atoms in total. The normalized spacial score (nSPS) is 11.5. The Balaban J connectivity index is 2.16. The van der Waals surface area contributed by atoms with Crippen LogP contribution >= 0.6 is 0 Å². The lowest BCUT2D eigenvalue weighted by Crippen LogP contribution is -2.22. The summed E-state index contributed by atoms with van der Waals surface area (Å²) in [5.74, 6) is -0.280. The first-order valence-corrected chi connectivity index (χ1v) is 8.15. The van der Waals surface area contributed by atoms with Crippen molar-refractivity contribution in [3.63, 3.8) is 0 Å². The van der Waals surface area contributed by atoms with Gasteiger partial charge < -0.3 is 5.32 Å². The number of nitrogens with one attached hydrogen (secondary N) is 1. The van der Waals surface area contributed by atoms with Crippen LogP contribution in [0.4, 0.5) is 5.69 Å². The fraction of sp³-hybridized carbons (Fsp3) is 0.188. The van der Waals surface area contributed by atoms with Crippen LogP contribution in [0, 0.1) is 6.92 Å². The number of hydrogen-bond donors (Lipinski definition) is 1. The summed E-state index contributed by atoms with van der Waals surface area (Å²) in [5.41, 5.74) is 2.20. The maximum absolute atomic E-state index is 12.1. The highest BCUT2D eigenvalue weighted by molar-refractivity contribution is 7.89. The van der Waals surface area contributed by atoms with E-state index in [9.17, 15) is 13.2 Å². The van der Waals surface area contributed by atoms with Crippen molar-refractivity contribution < 1.29 is 13.2 Å². The molecule has 0 atom stereocenters. The SMILES string of the molecule is Cc1ccc(NC(=O)c2ccc(S(=O)(=O)N(C)C)cc2)cc1. The number of rotatable bonds is 4. The average molecular weight is 318 g/mol. The summed E-state index contributed by atoms with van der Waals surface area (Å²) in [6.45, 7) is 1.97. The van der Waals surface area contributed by atoms with Gasteiger partial charge in [0.2, 0.25) is 10.0 Å². The zero-order chi connectivity index (χ0) is 16.3. The Morgan fingerprint density at radius 3 is 2.00 bits per heavy atom. The number of carbonyl (C=O) groups excluding carboxylic acids is 1. The first-order chi connectivity index (χ1) is 10.3. The molecule has 0 heterocycles. The molecule has 1 amide bonds. The summed E-state index contributed by atoms with van der Waals surface area (Å²) in [6.07, 6.45) is 0. The molecule has 0 radical (unpaired) electrons. The third-order valence-electron chi connectivity index (χ3n) is 3.20. The minimum Gasteiger partial charge on any atom is -0.322 e. The van der Waals surface area contributed by atoms with Gasteiger partial charge in [0, 0.05) is 25.3 Å². The molecule has 2 rings (SSSR count). The zero-order valence-electron chi connectivity index (χ0n) is 12.7. The molecule has 0 spiro atoms. The van der Waals surface area contributed by atoms with Crippen LogP contribution in [-0.4, -0.2) is 32.7 Å². The molecule has 22 heavy (non-hydrogen) atoms. The van der Waals surface area contributed by atoms with Gasteiger partial charge in [-0.1, -0.05) is 17.7 Å². The second-order valence-corrected chi connectivity index (χ2v) is 7.28. The predicted molar refractivity (Wildman–Crippen MR) is 86.4 cm³/mol. The summed E-state index contributed by atoms with van der Waals surface area (Å²) in [6, 6.07) is 13.3. The second kappa shape index (κ2) is 6.29. The molecule has 0 unspecified atom stereocenters. The van der Waals surface area contributed by atoms with Gasteiger partial charge in [0.15, 0.2) is 0 Å². The van der Waals surface area contributed by atoms with Crippen LogP contribution in [0.3, 0.4) is 0 Å². The maximum atomic E-state index is 12.1. The summed E-state index contributed by atoms with van der Waals surface area (Å²) in [5, 5.41) is 2.77. The van der Waals surface area contributed by atoms with Gasteiger partial charge in [-0.25, -0.2) is 12.7 Å². The van der Waals surface area contributed by atoms with Gasteiger partial charge in [-0.3, -0.25) is 4.79 Å². The average Bonchev–Trinajstić information content (AvgIpc) is 2.49. The fourth-order valence-electron chi connectivity index (χ4n) is 1.83. The molecule has 0 aliphatic heterocycles. The highest BCUT2D eigenvalue weighted by Crippen LogP contribution is 2.15. The first-order valence-electron chi connectivity index (χ1n) is 6.71. The van der Waals surface area contributed by atoms with E-state index in [4.69, 9.17) is 0 Å². The summed E-state index contributed by atoms with van der Waals surface area (Å²) < 4.78 is 25.1. The lowest BCUT2D eigenvalue weighted by atomic mass is 10.2. The van der Waals surface area contributed by atoms with Gasteiger partial charge in [0.25, 0.3) is 5.91 Å². The van der Waals surface area contributed by atoms with Gasteiger partial charge in [-0.15, -0.1) is 0 Å². The Morgan fingerprint density at radius 1 is 0.955 bits per heavy atom. The molecular formula is C16H18N2O3S. The lowest BCUT2D eigenvalue weighted by molar-refractivity contribution is 0.102. The zero-order valence-corrected chi connectivity index (χ0v) is 13.5. The van der Waals surface area contributed by atoms with E-state index >= 15 is 0 Å². The van der Waals surface area contributed by atoms with Gasteiger partial charge in [-0.05, 0) is 43.3 Å². The van der Waals surface area contributed by atoms with Crippen molar-refractivity contribution in [3.8, 4) is 0 Å². The molecule has 1 N–H and O–H groups in total. The van der Waals surface area contributed by atoms with E-state index in [0.29, 0.717) is 11.3 Å². The van der Waals surface area contributed by atoms with Gasteiger partial charge in [0.1, 0.15) is 0 Å². The number of carbonyl (C=O) groups is 1. The van der Waals surface area contributed by atoms with Gasteiger partial charge in [0.05, 0.1) is 4.90 Å². The Bertz CT molecular complexity index is 764. The molecule has 0 aromatic heterocycles. The molecule has 0 aliphatic carbocycles. The van der Waals surface area contributed by atoms with Crippen LogP contribution in [-0.2, 0) is 10.0 Å². The molecule has 116 valence electrons. The standard InChI is InChI=1S/C16H18N2O3S/c1-12-4-8-14(9-5-12)17-16(19)13-6-10-15(11-7-13)22(20,21)18(2)3/h4-11H,1-3H3,(H,17,19). The quantitative estimate of drug-likeness (QED) is 0.942. The van der Waals surface area contributed by atoms with E-state index in [-0.39, 0.29) is 10.8 Å². The van der Waals surface area contributed by atoms with Gasteiger partial charge >= 0.3 is 0 Å². The van der Waals surface area contributed by atoms with Crippen LogP contribution in [0.2, 0.25) is 0 Å². The Hall–Kier alpha value is -2.18. The number of nitrogens with zero attached hydrogens (tertiary/aromatic N) is 1. The molecule has 2 aromatic rings. The highest BCUT2D eigenvalue weighted by atomic mass is 32.2. The van der Waals surface area contributed by atoms with E-state index in [2.05, 4.69) is 5.32 Å². The lowest BCUT2D eigenvalue weighted by Gasteiger charge is -2.11. The monoisotopic (exact) mass is 318 g/mol. The number of aryl methyl sites for hydroxylation is 1. The molecule has 0 saturated carbocycles. The van der Waals surface area contributed by atoms with Crippen molar-refractivity contribution in [1.82, 2.24) is 4.31 Å². The molecular weight excluding hydrogens is 300 g/mol. The van der Waals surface area contributed by atoms with Crippen molar-refractivity contribution in [2.75, 3.05) is 19.4 Å². The van der Waals surface area contributed by atoms with Crippen LogP contribution in [0.1, 0.15) is 15.9 Å². The van der Waals surface area contributed by atoms with E-state index in [0.717, 1.165) is 9.87 Å². The minimum absolute atomic E-state index is 0.157. The molecule has 6 heteroatoms. The molecule has 0 aliphatic rings. The summed E-state index contributed by atoms with van der Waals surface area (Å²) in [7, 11) is -0.550. The smallest absolute Gasteiger partial charge is 0.255 e. The van der Waals surface area contributed by atoms with E-state index in [1.165, 1.54) is 38.4 Å². The third-order valence-corrected chi connectivity index (χ3v) is 5.03.